The molecule has 0 radical (unpaired) electrons. The van der Waals surface area contributed by atoms with Gasteiger partial charge in [0.25, 0.3) is 0 Å². The lowest BCUT2D eigenvalue weighted by Crippen LogP contribution is -2.42. The summed E-state index contributed by atoms with van der Waals surface area (Å²) < 4.78 is 13.4. The molecule has 3 nitrogen and oxygen atoms in total. The maximum Gasteiger partial charge on any atom is 0.221 e. The normalized spacial score (nSPS) is 12.9. The Balaban J connectivity index is 2.91. The van der Waals surface area contributed by atoms with E-state index in [2.05, 4.69) is 5.32 Å². The third kappa shape index (κ3) is 4.86. The summed E-state index contributed by atoms with van der Waals surface area (Å²) >= 11 is 0. The van der Waals surface area contributed by atoms with Crippen LogP contribution in [0.5, 0.6) is 0 Å². The Morgan fingerprint density at radius 2 is 2.05 bits per heavy atom. The fourth-order valence-corrected chi connectivity index (χ4v) is 2.26. The highest BCUT2D eigenvalue weighted by Crippen LogP contribution is 2.29. The van der Waals surface area contributed by atoms with Crippen LogP contribution in [0.4, 0.5) is 4.39 Å². The standard InChI is InChI=1S/C17H23FN2O/c1-11(2)14(9-16(21)20-17(4,5)10-19)13-6-7-15(18)12(3)8-13/h6-8,11,14H,9H2,1-5H3,(H,20,21). The number of nitriles is 1. The van der Waals surface area contributed by atoms with Gasteiger partial charge in [0.2, 0.25) is 5.91 Å². The first-order chi connectivity index (χ1) is 9.66. The molecule has 1 aromatic carbocycles. The van der Waals surface area contributed by atoms with E-state index in [-0.39, 0.29) is 30.0 Å². The van der Waals surface area contributed by atoms with Gasteiger partial charge in [0, 0.05) is 6.42 Å². The van der Waals surface area contributed by atoms with E-state index in [0.29, 0.717) is 5.56 Å². The van der Waals surface area contributed by atoms with Gasteiger partial charge >= 0.3 is 0 Å². The van der Waals surface area contributed by atoms with E-state index < -0.39 is 5.54 Å². The summed E-state index contributed by atoms with van der Waals surface area (Å²) in [6, 6.07) is 7.02. The second-order valence-electron chi connectivity index (χ2n) is 6.35. The second-order valence-corrected chi connectivity index (χ2v) is 6.35. The molecule has 21 heavy (non-hydrogen) atoms. The highest BCUT2D eigenvalue weighted by atomic mass is 19.1. The summed E-state index contributed by atoms with van der Waals surface area (Å²) in [7, 11) is 0. The van der Waals surface area contributed by atoms with Crippen molar-refractivity contribution < 1.29 is 9.18 Å². The van der Waals surface area contributed by atoms with Gasteiger partial charge in [-0.05, 0) is 49.8 Å². The lowest BCUT2D eigenvalue weighted by molar-refractivity contribution is -0.122. The van der Waals surface area contributed by atoms with Gasteiger partial charge in [-0.15, -0.1) is 0 Å². The van der Waals surface area contributed by atoms with Gasteiger partial charge in [0.05, 0.1) is 6.07 Å². The number of amides is 1. The van der Waals surface area contributed by atoms with Crippen LogP contribution in [0.3, 0.4) is 0 Å². The number of halogens is 1. The Labute approximate surface area is 126 Å². The molecule has 0 heterocycles. The fourth-order valence-electron chi connectivity index (χ4n) is 2.26. The van der Waals surface area contributed by atoms with Crippen molar-refractivity contribution in [1.29, 1.82) is 5.26 Å². The van der Waals surface area contributed by atoms with Crippen molar-refractivity contribution in [3.05, 3.63) is 35.1 Å². The van der Waals surface area contributed by atoms with Crippen molar-refractivity contribution in [2.24, 2.45) is 5.92 Å². The molecule has 0 aromatic heterocycles. The van der Waals surface area contributed by atoms with E-state index in [0.717, 1.165) is 5.56 Å². The molecule has 0 aliphatic carbocycles. The van der Waals surface area contributed by atoms with Crippen LogP contribution in [0.15, 0.2) is 18.2 Å². The van der Waals surface area contributed by atoms with Gasteiger partial charge in [-0.25, -0.2) is 4.39 Å². The number of hydrogen-bond acceptors (Lipinski definition) is 2. The number of benzene rings is 1. The first-order valence-corrected chi connectivity index (χ1v) is 7.14. The van der Waals surface area contributed by atoms with Crippen LogP contribution >= 0.6 is 0 Å². The number of rotatable bonds is 5. The topological polar surface area (TPSA) is 52.9 Å². The van der Waals surface area contributed by atoms with Gasteiger partial charge < -0.3 is 5.32 Å². The number of nitrogens with one attached hydrogen (secondary N) is 1. The fraction of sp³-hybridized carbons (Fsp3) is 0.529. The zero-order valence-corrected chi connectivity index (χ0v) is 13.3. The average Bonchev–Trinajstić information content (AvgIpc) is 2.38. The summed E-state index contributed by atoms with van der Waals surface area (Å²) in [5.41, 5.74) is 0.655. The van der Waals surface area contributed by atoms with Crippen LogP contribution in [-0.4, -0.2) is 11.4 Å². The van der Waals surface area contributed by atoms with Crippen molar-refractivity contribution in [2.45, 2.75) is 52.5 Å². The Morgan fingerprint density at radius 1 is 1.43 bits per heavy atom. The summed E-state index contributed by atoms with van der Waals surface area (Å²) in [5.74, 6) is -0.164. The van der Waals surface area contributed by atoms with Crippen LogP contribution in [0.1, 0.15) is 51.2 Å². The first-order valence-electron chi connectivity index (χ1n) is 7.14. The van der Waals surface area contributed by atoms with E-state index in [1.165, 1.54) is 6.07 Å². The number of aryl methyl sites for hydroxylation is 1. The Hall–Kier alpha value is -1.89. The number of carbonyl (C=O) groups is 1. The van der Waals surface area contributed by atoms with Crippen molar-refractivity contribution in [3.63, 3.8) is 0 Å². The quantitative estimate of drug-likeness (QED) is 0.899. The molecular formula is C17H23FN2O. The zero-order valence-electron chi connectivity index (χ0n) is 13.3. The minimum absolute atomic E-state index is 0.00112. The summed E-state index contributed by atoms with van der Waals surface area (Å²) in [5, 5.41) is 11.7. The molecule has 0 spiro atoms. The molecule has 0 bridgehead atoms. The molecule has 0 saturated carbocycles. The molecule has 1 unspecified atom stereocenters. The van der Waals surface area contributed by atoms with Crippen molar-refractivity contribution in [1.82, 2.24) is 5.32 Å². The maximum absolute atomic E-state index is 13.4. The molecule has 4 heteroatoms. The molecule has 1 aromatic rings. The molecule has 1 rings (SSSR count). The van der Waals surface area contributed by atoms with Crippen LogP contribution in [-0.2, 0) is 4.79 Å². The maximum atomic E-state index is 13.4. The lowest BCUT2D eigenvalue weighted by atomic mass is 9.84. The Kier molecular flexibility index (Phi) is 5.48. The molecule has 1 amide bonds. The van der Waals surface area contributed by atoms with Crippen LogP contribution in [0.2, 0.25) is 0 Å². The predicted molar refractivity (Wildman–Crippen MR) is 81.2 cm³/mol. The monoisotopic (exact) mass is 290 g/mol. The highest BCUT2D eigenvalue weighted by molar-refractivity contribution is 5.78. The van der Waals surface area contributed by atoms with Gasteiger partial charge in [-0.1, -0.05) is 26.0 Å². The molecule has 0 aliphatic rings. The summed E-state index contributed by atoms with van der Waals surface area (Å²) in [4.78, 5) is 12.1. The van der Waals surface area contributed by atoms with Crippen molar-refractivity contribution in [3.8, 4) is 6.07 Å². The summed E-state index contributed by atoms with van der Waals surface area (Å²) in [6.45, 7) is 9.11. The molecule has 0 aliphatic heterocycles. The molecule has 1 N–H and O–H groups in total. The van der Waals surface area contributed by atoms with Crippen LogP contribution < -0.4 is 5.32 Å². The van der Waals surface area contributed by atoms with E-state index in [1.54, 1.807) is 32.9 Å². The number of hydrogen-bond donors (Lipinski definition) is 1. The third-order valence-corrected chi connectivity index (χ3v) is 3.55. The van der Waals surface area contributed by atoms with E-state index in [4.69, 9.17) is 5.26 Å². The minimum atomic E-state index is -0.878. The van der Waals surface area contributed by atoms with Gasteiger partial charge in [-0.3, -0.25) is 4.79 Å². The molecule has 1 atom stereocenters. The smallest absolute Gasteiger partial charge is 0.221 e. The average molecular weight is 290 g/mol. The third-order valence-electron chi connectivity index (χ3n) is 3.55. The summed E-state index contributed by atoms with van der Waals surface area (Å²) in [6.07, 6.45) is 0.286. The van der Waals surface area contributed by atoms with E-state index >= 15 is 0 Å². The second kappa shape index (κ2) is 6.71. The predicted octanol–water partition coefficient (Wildman–Crippen LogP) is 3.68. The minimum Gasteiger partial charge on any atom is -0.338 e. The van der Waals surface area contributed by atoms with E-state index in [9.17, 15) is 9.18 Å². The largest absolute Gasteiger partial charge is 0.338 e. The number of carbonyl (C=O) groups excluding carboxylic acids is 1. The lowest BCUT2D eigenvalue weighted by Gasteiger charge is -2.24. The highest BCUT2D eigenvalue weighted by Gasteiger charge is 2.24. The van der Waals surface area contributed by atoms with Crippen molar-refractivity contribution >= 4 is 5.91 Å². The first kappa shape index (κ1) is 17.2. The zero-order chi connectivity index (χ0) is 16.2. The van der Waals surface area contributed by atoms with Gasteiger partial charge in [-0.2, -0.15) is 5.26 Å². The Morgan fingerprint density at radius 3 is 2.52 bits per heavy atom. The van der Waals surface area contributed by atoms with Gasteiger partial charge in [0.15, 0.2) is 0 Å². The Bertz CT molecular complexity index is 558. The molecule has 0 fully saturated rings. The number of nitrogens with zero attached hydrogens (tertiary/aromatic N) is 1. The molecule has 0 saturated heterocycles. The van der Waals surface area contributed by atoms with Gasteiger partial charge in [0.1, 0.15) is 11.4 Å². The molecular weight excluding hydrogens is 267 g/mol. The molecule has 114 valence electrons. The van der Waals surface area contributed by atoms with Crippen LogP contribution in [0, 0.1) is 30.0 Å². The van der Waals surface area contributed by atoms with Crippen LogP contribution in [0.25, 0.3) is 0 Å². The van der Waals surface area contributed by atoms with E-state index in [1.807, 2.05) is 19.9 Å². The van der Waals surface area contributed by atoms with Crippen molar-refractivity contribution in [2.75, 3.05) is 0 Å². The SMILES string of the molecule is Cc1cc(C(CC(=O)NC(C)(C)C#N)C(C)C)ccc1F.